The second kappa shape index (κ2) is 5.25. The van der Waals surface area contributed by atoms with Gasteiger partial charge in [-0.2, -0.15) is 0 Å². The Labute approximate surface area is 104 Å². The van der Waals surface area contributed by atoms with Crippen molar-refractivity contribution in [2.45, 2.75) is 27.0 Å². The molecule has 0 amide bonds. The molecule has 0 radical (unpaired) electrons. The van der Waals surface area contributed by atoms with Crippen molar-refractivity contribution in [3.8, 4) is 5.75 Å². The first kappa shape index (κ1) is 12.0. The van der Waals surface area contributed by atoms with Gasteiger partial charge in [-0.15, -0.1) is 11.3 Å². The van der Waals surface area contributed by atoms with Gasteiger partial charge in [0.1, 0.15) is 17.4 Å². The summed E-state index contributed by atoms with van der Waals surface area (Å²) in [7, 11) is 0. The first-order valence-corrected chi connectivity index (χ1v) is 6.27. The van der Waals surface area contributed by atoms with Crippen LogP contribution in [0.25, 0.3) is 0 Å². The molecular weight excluding hydrogens is 234 g/mol. The molecule has 5 heteroatoms. The lowest BCUT2D eigenvalue weighted by atomic mass is 10.3. The number of hydrogen-bond acceptors (Lipinski definition) is 5. The summed E-state index contributed by atoms with van der Waals surface area (Å²) in [6.07, 6.45) is 0. The molecule has 0 aliphatic carbocycles. The van der Waals surface area contributed by atoms with Crippen LogP contribution in [0.15, 0.2) is 17.5 Å². The van der Waals surface area contributed by atoms with Crippen LogP contribution in [-0.4, -0.2) is 9.97 Å². The van der Waals surface area contributed by atoms with Crippen molar-refractivity contribution < 1.29 is 4.74 Å². The van der Waals surface area contributed by atoms with Gasteiger partial charge in [0.05, 0.1) is 5.69 Å². The summed E-state index contributed by atoms with van der Waals surface area (Å²) < 4.78 is 5.69. The van der Waals surface area contributed by atoms with Gasteiger partial charge in [0.2, 0.25) is 0 Å². The zero-order valence-electron chi connectivity index (χ0n) is 9.93. The van der Waals surface area contributed by atoms with Crippen molar-refractivity contribution in [3.05, 3.63) is 39.6 Å². The van der Waals surface area contributed by atoms with Gasteiger partial charge in [0.15, 0.2) is 0 Å². The van der Waals surface area contributed by atoms with Crippen LogP contribution in [0.3, 0.4) is 0 Å². The van der Waals surface area contributed by atoms with Gasteiger partial charge >= 0.3 is 0 Å². The normalized spacial score (nSPS) is 10.5. The zero-order valence-corrected chi connectivity index (χ0v) is 10.8. The van der Waals surface area contributed by atoms with Crippen molar-refractivity contribution in [2.75, 3.05) is 0 Å². The van der Waals surface area contributed by atoms with E-state index in [0.717, 1.165) is 27.8 Å². The van der Waals surface area contributed by atoms with Crippen LogP contribution in [0, 0.1) is 13.8 Å². The number of thiazole rings is 1. The molecule has 90 valence electrons. The highest BCUT2D eigenvalue weighted by atomic mass is 32.1. The Morgan fingerprint density at radius 1 is 1.24 bits per heavy atom. The van der Waals surface area contributed by atoms with E-state index in [4.69, 9.17) is 10.5 Å². The molecule has 0 unspecified atom stereocenters. The highest BCUT2D eigenvalue weighted by molar-refractivity contribution is 7.09. The molecule has 4 nitrogen and oxygen atoms in total. The summed E-state index contributed by atoms with van der Waals surface area (Å²) in [5.74, 6) is 0.742. The van der Waals surface area contributed by atoms with E-state index >= 15 is 0 Å². The number of pyridine rings is 1. The molecule has 0 saturated heterocycles. The number of hydrogen-bond donors (Lipinski definition) is 1. The minimum absolute atomic E-state index is 0.383. The molecule has 0 atom stereocenters. The Balaban J connectivity index is 2.08. The number of ether oxygens (including phenoxy) is 1. The van der Waals surface area contributed by atoms with E-state index in [9.17, 15) is 0 Å². The first-order chi connectivity index (χ1) is 8.19. The Kier molecular flexibility index (Phi) is 3.71. The summed E-state index contributed by atoms with van der Waals surface area (Å²) >= 11 is 1.60. The van der Waals surface area contributed by atoms with Crippen LogP contribution in [0.2, 0.25) is 0 Å². The van der Waals surface area contributed by atoms with Crippen molar-refractivity contribution in [3.63, 3.8) is 0 Å². The average Bonchev–Trinajstić information content (AvgIpc) is 2.73. The van der Waals surface area contributed by atoms with Gasteiger partial charge in [-0.1, -0.05) is 0 Å². The predicted octanol–water partition coefficient (Wildman–Crippen LogP) is 2.19. The van der Waals surface area contributed by atoms with E-state index in [-0.39, 0.29) is 0 Å². The number of rotatable bonds is 4. The number of aromatic nitrogens is 2. The largest absolute Gasteiger partial charge is 0.484 e. The predicted molar refractivity (Wildman–Crippen MR) is 68.0 cm³/mol. The van der Waals surface area contributed by atoms with Gasteiger partial charge in [0.25, 0.3) is 0 Å². The molecule has 0 fully saturated rings. The van der Waals surface area contributed by atoms with Crippen LogP contribution in [0.5, 0.6) is 5.75 Å². The third kappa shape index (κ3) is 3.01. The Morgan fingerprint density at radius 2 is 2.06 bits per heavy atom. The minimum Gasteiger partial charge on any atom is -0.484 e. The number of nitrogens with zero attached hydrogens (tertiary/aromatic N) is 2. The topological polar surface area (TPSA) is 61.0 Å². The molecule has 0 aromatic carbocycles. The van der Waals surface area contributed by atoms with Crippen molar-refractivity contribution in [1.82, 2.24) is 9.97 Å². The van der Waals surface area contributed by atoms with Crippen LogP contribution >= 0.6 is 11.3 Å². The summed E-state index contributed by atoms with van der Waals surface area (Å²) in [5.41, 5.74) is 8.40. The highest BCUT2D eigenvalue weighted by Gasteiger charge is 2.06. The minimum atomic E-state index is 0.383. The maximum absolute atomic E-state index is 5.69. The fourth-order valence-electron chi connectivity index (χ4n) is 1.48. The number of nitrogens with two attached hydrogens (primary N) is 1. The number of aryl methyl sites for hydroxylation is 2. The molecular formula is C12H15N3OS. The lowest BCUT2D eigenvalue weighted by Crippen LogP contribution is -2.05. The van der Waals surface area contributed by atoms with Gasteiger partial charge in [-0.25, -0.2) is 4.98 Å². The molecule has 0 aliphatic heterocycles. The molecule has 0 aliphatic rings. The van der Waals surface area contributed by atoms with Gasteiger partial charge in [0, 0.05) is 23.3 Å². The quantitative estimate of drug-likeness (QED) is 0.902. The third-order valence-electron chi connectivity index (χ3n) is 2.28. The highest BCUT2D eigenvalue weighted by Crippen LogP contribution is 2.19. The standard InChI is InChI=1S/C12H15N3OS/c1-8-3-4-11(10(5-13)14-8)16-6-12-15-9(2)7-17-12/h3-4,7H,5-6,13H2,1-2H3. The van der Waals surface area contributed by atoms with E-state index in [1.54, 1.807) is 11.3 Å². The average molecular weight is 249 g/mol. The van der Waals surface area contributed by atoms with Crippen molar-refractivity contribution in [1.29, 1.82) is 0 Å². The van der Waals surface area contributed by atoms with Crippen LogP contribution in [-0.2, 0) is 13.2 Å². The second-order valence-electron chi connectivity index (χ2n) is 3.77. The van der Waals surface area contributed by atoms with Crippen LogP contribution < -0.4 is 10.5 Å². The van der Waals surface area contributed by atoms with E-state index < -0.39 is 0 Å². The molecule has 0 spiro atoms. The SMILES string of the molecule is Cc1csc(COc2ccc(C)nc2CN)n1. The maximum Gasteiger partial charge on any atom is 0.142 e. The van der Waals surface area contributed by atoms with Gasteiger partial charge in [-0.3, -0.25) is 4.98 Å². The molecule has 0 bridgehead atoms. The van der Waals surface area contributed by atoms with E-state index in [0.29, 0.717) is 13.2 Å². The summed E-state index contributed by atoms with van der Waals surface area (Å²) in [4.78, 5) is 8.68. The molecule has 2 N–H and O–H groups in total. The van der Waals surface area contributed by atoms with E-state index in [1.165, 1.54) is 0 Å². The Bertz CT molecular complexity index is 510. The van der Waals surface area contributed by atoms with Crippen molar-refractivity contribution >= 4 is 11.3 Å². The zero-order chi connectivity index (χ0) is 12.3. The monoisotopic (exact) mass is 249 g/mol. The van der Waals surface area contributed by atoms with E-state index in [1.807, 2.05) is 31.4 Å². The van der Waals surface area contributed by atoms with Crippen LogP contribution in [0.1, 0.15) is 22.1 Å². The Morgan fingerprint density at radius 3 is 2.71 bits per heavy atom. The molecule has 0 saturated carbocycles. The fraction of sp³-hybridized carbons (Fsp3) is 0.333. The summed E-state index contributed by atoms with van der Waals surface area (Å²) in [5, 5.41) is 2.97. The smallest absolute Gasteiger partial charge is 0.142 e. The van der Waals surface area contributed by atoms with E-state index in [2.05, 4.69) is 9.97 Å². The lowest BCUT2D eigenvalue weighted by Gasteiger charge is -2.08. The first-order valence-electron chi connectivity index (χ1n) is 5.39. The molecule has 2 rings (SSSR count). The van der Waals surface area contributed by atoms with Gasteiger partial charge < -0.3 is 10.5 Å². The lowest BCUT2D eigenvalue weighted by molar-refractivity contribution is 0.300. The molecule has 2 aromatic heterocycles. The summed E-state index contributed by atoms with van der Waals surface area (Å²) in [6, 6.07) is 3.83. The Hall–Kier alpha value is -1.46. The maximum atomic E-state index is 5.69. The van der Waals surface area contributed by atoms with Crippen LogP contribution in [0.4, 0.5) is 0 Å². The second-order valence-corrected chi connectivity index (χ2v) is 4.72. The van der Waals surface area contributed by atoms with Gasteiger partial charge in [-0.05, 0) is 26.0 Å². The fourth-order valence-corrected chi connectivity index (χ4v) is 2.17. The summed E-state index contributed by atoms with van der Waals surface area (Å²) in [6.45, 7) is 4.76. The third-order valence-corrected chi connectivity index (χ3v) is 3.22. The molecule has 2 heterocycles. The molecule has 17 heavy (non-hydrogen) atoms. The van der Waals surface area contributed by atoms with Crippen molar-refractivity contribution in [2.24, 2.45) is 5.73 Å². The molecule has 2 aromatic rings.